The van der Waals surface area contributed by atoms with Crippen LogP contribution in [-0.4, -0.2) is 11.6 Å². The van der Waals surface area contributed by atoms with Crippen LogP contribution in [0, 0.1) is 0 Å². The van der Waals surface area contributed by atoms with Crippen LogP contribution in [0.1, 0.15) is 17.2 Å². The van der Waals surface area contributed by atoms with E-state index in [0.29, 0.717) is 6.61 Å². The van der Waals surface area contributed by atoms with Crippen LogP contribution >= 0.6 is 0 Å². The van der Waals surface area contributed by atoms with Crippen molar-refractivity contribution in [2.75, 3.05) is 6.61 Å². The molecule has 3 aromatic rings. The van der Waals surface area contributed by atoms with E-state index in [-0.39, 0.29) is 6.04 Å². The number of nitrogens with one attached hydrogen (secondary N) is 1. The predicted octanol–water partition coefficient (Wildman–Crippen LogP) is 3.46. The smallest absolute Gasteiger partial charge is 0.124 e. The molecular formula is C18H16N2O. The first kappa shape index (κ1) is 12.4. The molecule has 0 aliphatic carbocycles. The second-order valence-corrected chi connectivity index (χ2v) is 5.27. The minimum atomic E-state index is 0.250. The monoisotopic (exact) mass is 276 g/mol. The van der Waals surface area contributed by atoms with Gasteiger partial charge in [-0.1, -0.05) is 42.5 Å². The molecule has 1 aliphatic heterocycles. The normalized spacial score (nSPS) is 16.7. The summed E-state index contributed by atoms with van der Waals surface area (Å²) in [4.78, 5) is 4.50. The van der Waals surface area contributed by atoms with Crippen molar-refractivity contribution in [2.45, 2.75) is 12.6 Å². The highest BCUT2D eigenvalue weighted by Gasteiger charge is 2.22. The van der Waals surface area contributed by atoms with Gasteiger partial charge in [0.15, 0.2) is 0 Å². The van der Waals surface area contributed by atoms with Crippen LogP contribution < -0.4 is 10.1 Å². The third-order valence-electron chi connectivity index (χ3n) is 3.96. The Morgan fingerprint density at radius 1 is 1.05 bits per heavy atom. The van der Waals surface area contributed by atoms with E-state index in [2.05, 4.69) is 46.7 Å². The van der Waals surface area contributed by atoms with Crippen molar-refractivity contribution >= 4 is 10.9 Å². The Morgan fingerprint density at radius 3 is 2.95 bits per heavy atom. The van der Waals surface area contributed by atoms with E-state index < -0.39 is 0 Å². The summed E-state index contributed by atoms with van der Waals surface area (Å²) < 4.78 is 5.71. The van der Waals surface area contributed by atoms with Gasteiger partial charge in [0, 0.05) is 23.7 Å². The number of benzene rings is 2. The van der Waals surface area contributed by atoms with Crippen LogP contribution in [0.4, 0.5) is 0 Å². The highest BCUT2D eigenvalue weighted by atomic mass is 16.5. The molecule has 0 fully saturated rings. The van der Waals surface area contributed by atoms with Gasteiger partial charge in [0.2, 0.25) is 0 Å². The van der Waals surface area contributed by atoms with Gasteiger partial charge in [-0.3, -0.25) is 4.98 Å². The molecule has 3 nitrogen and oxygen atoms in total. The van der Waals surface area contributed by atoms with E-state index in [4.69, 9.17) is 4.74 Å². The molecule has 0 amide bonds. The van der Waals surface area contributed by atoms with E-state index in [1.807, 2.05) is 24.4 Å². The van der Waals surface area contributed by atoms with E-state index in [1.165, 1.54) is 16.5 Å². The predicted molar refractivity (Wildman–Crippen MR) is 83.3 cm³/mol. The average Bonchev–Trinajstić information content (AvgIpc) is 2.96. The van der Waals surface area contributed by atoms with Gasteiger partial charge < -0.3 is 10.1 Å². The van der Waals surface area contributed by atoms with Crippen molar-refractivity contribution < 1.29 is 4.74 Å². The molecule has 0 saturated heterocycles. The van der Waals surface area contributed by atoms with Crippen LogP contribution in [0.3, 0.4) is 0 Å². The molecule has 0 radical (unpaired) electrons. The quantitative estimate of drug-likeness (QED) is 0.795. The summed E-state index contributed by atoms with van der Waals surface area (Å²) in [7, 11) is 0. The largest absolute Gasteiger partial charge is 0.491 e. The first-order valence-corrected chi connectivity index (χ1v) is 7.19. The number of ether oxygens (including phenoxy) is 1. The fraction of sp³-hybridized carbons (Fsp3) is 0.167. The van der Waals surface area contributed by atoms with Gasteiger partial charge in [-0.05, 0) is 17.7 Å². The highest BCUT2D eigenvalue weighted by molar-refractivity contribution is 5.81. The summed E-state index contributed by atoms with van der Waals surface area (Å²) in [6, 6.07) is 18.8. The van der Waals surface area contributed by atoms with E-state index in [1.54, 1.807) is 0 Å². The Balaban J connectivity index is 1.57. The third-order valence-corrected chi connectivity index (χ3v) is 3.96. The van der Waals surface area contributed by atoms with Gasteiger partial charge in [0.25, 0.3) is 0 Å². The molecular weight excluding hydrogens is 260 g/mol. The highest BCUT2D eigenvalue weighted by Crippen LogP contribution is 2.32. The standard InChI is InChI=1S/C18H16N2O/c1-2-9-17-15(8-1)16(12-21-17)20-11-14-6-3-5-13-7-4-10-19-18(13)14/h1-10,16,20H,11-12H2. The van der Waals surface area contributed by atoms with Crippen LogP contribution in [0.5, 0.6) is 5.75 Å². The Hall–Kier alpha value is -2.39. The van der Waals surface area contributed by atoms with E-state index in [0.717, 1.165) is 17.8 Å². The van der Waals surface area contributed by atoms with Gasteiger partial charge in [0.05, 0.1) is 11.6 Å². The number of fused-ring (bicyclic) bond motifs is 2. The summed E-state index contributed by atoms with van der Waals surface area (Å²) in [5, 5.41) is 4.76. The molecule has 1 aromatic heterocycles. The fourth-order valence-corrected chi connectivity index (χ4v) is 2.87. The lowest BCUT2D eigenvalue weighted by atomic mass is 10.1. The summed E-state index contributed by atoms with van der Waals surface area (Å²) in [5.74, 6) is 0.992. The topological polar surface area (TPSA) is 34.1 Å². The lowest BCUT2D eigenvalue weighted by Gasteiger charge is -2.12. The number of para-hydroxylation sites is 2. The fourth-order valence-electron chi connectivity index (χ4n) is 2.87. The third kappa shape index (κ3) is 2.26. The van der Waals surface area contributed by atoms with Crippen molar-refractivity contribution in [3.63, 3.8) is 0 Å². The van der Waals surface area contributed by atoms with Crippen LogP contribution in [0.25, 0.3) is 10.9 Å². The molecule has 104 valence electrons. The molecule has 1 unspecified atom stereocenters. The second kappa shape index (κ2) is 5.19. The zero-order valence-electron chi connectivity index (χ0n) is 11.6. The number of hydrogen-bond acceptors (Lipinski definition) is 3. The molecule has 2 aromatic carbocycles. The van der Waals surface area contributed by atoms with Crippen molar-refractivity contribution in [3.05, 3.63) is 71.9 Å². The van der Waals surface area contributed by atoms with Gasteiger partial charge in [0.1, 0.15) is 12.4 Å². The molecule has 4 rings (SSSR count). The first-order valence-electron chi connectivity index (χ1n) is 7.19. The summed E-state index contributed by atoms with van der Waals surface area (Å²) >= 11 is 0. The van der Waals surface area contributed by atoms with Crippen LogP contribution in [0.2, 0.25) is 0 Å². The minimum absolute atomic E-state index is 0.250. The molecule has 21 heavy (non-hydrogen) atoms. The van der Waals surface area contributed by atoms with Gasteiger partial charge >= 0.3 is 0 Å². The Bertz CT molecular complexity index is 780. The maximum absolute atomic E-state index is 5.71. The van der Waals surface area contributed by atoms with Crippen molar-refractivity contribution in [2.24, 2.45) is 0 Å². The van der Waals surface area contributed by atoms with Gasteiger partial charge in [-0.2, -0.15) is 0 Å². The number of pyridine rings is 1. The Kier molecular flexibility index (Phi) is 3.05. The van der Waals surface area contributed by atoms with Crippen molar-refractivity contribution in [1.29, 1.82) is 0 Å². The maximum atomic E-state index is 5.71. The van der Waals surface area contributed by atoms with E-state index in [9.17, 15) is 0 Å². The zero-order chi connectivity index (χ0) is 14.1. The molecule has 0 spiro atoms. The Labute approximate surface area is 123 Å². The van der Waals surface area contributed by atoms with Gasteiger partial charge in [-0.25, -0.2) is 0 Å². The van der Waals surface area contributed by atoms with E-state index >= 15 is 0 Å². The minimum Gasteiger partial charge on any atom is -0.491 e. The van der Waals surface area contributed by atoms with Crippen LogP contribution in [-0.2, 0) is 6.54 Å². The SMILES string of the molecule is c1ccc2c(c1)OCC2NCc1cccc2cccnc12. The van der Waals surface area contributed by atoms with Gasteiger partial charge in [-0.15, -0.1) is 0 Å². The number of aromatic nitrogens is 1. The summed E-state index contributed by atoms with van der Waals surface area (Å²) in [6.45, 7) is 1.48. The number of hydrogen-bond donors (Lipinski definition) is 1. The second-order valence-electron chi connectivity index (χ2n) is 5.27. The maximum Gasteiger partial charge on any atom is 0.124 e. The number of rotatable bonds is 3. The van der Waals surface area contributed by atoms with Crippen molar-refractivity contribution in [1.82, 2.24) is 10.3 Å². The zero-order valence-corrected chi connectivity index (χ0v) is 11.6. The Morgan fingerprint density at radius 2 is 1.95 bits per heavy atom. The van der Waals surface area contributed by atoms with Crippen molar-refractivity contribution in [3.8, 4) is 5.75 Å². The summed E-state index contributed by atoms with van der Waals surface area (Å²) in [6.07, 6.45) is 1.85. The first-order chi connectivity index (χ1) is 10.4. The lowest BCUT2D eigenvalue weighted by Crippen LogP contribution is -2.22. The lowest BCUT2D eigenvalue weighted by molar-refractivity contribution is 0.310. The molecule has 1 aliphatic rings. The van der Waals surface area contributed by atoms with Crippen LogP contribution in [0.15, 0.2) is 60.8 Å². The molecule has 3 heteroatoms. The molecule has 2 heterocycles. The molecule has 1 N–H and O–H groups in total. The number of nitrogens with zero attached hydrogens (tertiary/aromatic N) is 1. The summed E-state index contributed by atoms with van der Waals surface area (Å²) in [5.41, 5.74) is 3.53. The molecule has 1 atom stereocenters. The average molecular weight is 276 g/mol. The molecule has 0 bridgehead atoms. The molecule has 0 saturated carbocycles.